The molecule has 106 valence electrons. The van der Waals surface area contributed by atoms with Crippen molar-refractivity contribution in [1.82, 2.24) is 5.32 Å². The number of methoxy groups -OCH3 is 1. The van der Waals surface area contributed by atoms with Crippen molar-refractivity contribution in [3.8, 4) is 5.75 Å². The van der Waals surface area contributed by atoms with Crippen LogP contribution in [-0.2, 0) is 4.74 Å². The van der Waals surface area contributed by atoms with Gasteiger partial charge in [0.25, 0.3) is 5.91 Å². The molecule has 0 aliphatic heterocycles. The molecule has 1 rings (SSSR count). The first-order valence-electron chi connectivity index (χ1n) is 6.23. The number of ether oxygens (including phenoxy) is 2. The van der Waals surface area contributed by atoms with E-state index >= 15 is 0 Å². The molecular weight excluding hydrogens is 244 g/mol. The zero-order valence-corrected chi connectivity index (χ0v) is 11.7. The highest BCUT2D eigenvalue weighted by Crippen LogP contribution is 2.13. The minimum Gasteiger partial charge on any atom is -0.491 e. The van der Waals surface area contributed by atoms with Crippen LogP contribution in [0.5, 0.6) is 5.75 Å². The van der Waals surface area contributed by atoms with Crippen LogP contribution in [0.4, 0.5) is 0 Å². The minimum atomic E-state index is -0.412. The number of benzene rings is 1. The van der Waals surface area contributed by atoms with Crippen LogP contribution < -0.4 is 15.8 Å². The fourth-order valence-electron chi connectivity index (χ4n) is 1.38. The second-order valence-electron chi connectivity index (χ2n) is 4.91. The van der Waals surface area contributed by atoms with Crippen LogP contribution in [0.1, 0.15) is 24.2 Å². The molecule has 5 nitrogen and oxygen atoms in total. The number of rotatable bonds is 7. The summed E-state index contributed by atoms with van der Waals surface area (Å²) in [6.07, 6.45) is 0. The minimum absolute atomic E-state index is 0.140. The summed E-state index contributed by atoms with van der Waals surface area (Å²) in [7, 11) is 1.62. The van der Waals surface area contributed by atoms with Gasteiger partial charge < -0.3 is 20.5 Å². The fraction of sp³-hybridized carbons (Fsp3) is 0.500. The maximum absolute atomic E-state index is 12.0. The second kappa shape index (κ2) is 7.11. The Labute approximate surface area is 114 Å². The molecule has 0 fully saturated rings. The third-order valence-corrected chi connectivity index (χ3v) is 2.63. The van der Waals surface area contributed by atoms with E-state index in [0.717, 1.165) is 0 Å². The van der Waals surface area contributed by atoms with E-state index < -0.39 is 5.54 Å². The number of hydrogen-bond donors (Lipinski definition) is 2. The largest absolute Gasteiger partial charge is 0.491 e. The standard InChI is InChI=1S/C14H22N2O3/c1-14(2,10-15)16-13(17)11-4-6-12(7-5-11)19-9-8-18-3/h4-7H,8-10,15H2,1-3H3,(H,16,17). The van der Waals surface area contributed by atoms with Crippen molar-refractivity contribution in [3.05, 3.63) is 29.8 Å². The molecular formula is C14H22N2O3. The SMILES string of the molecule is COCCOc1ccc(C(=O)NC(C)(C)CN)cc1. The van der Waals surface area contributed by atoms with Gasteiger partial charge >= 0.3 is 0 Å². The zero-order valence-electron chi connectivity index (χ0n) is 11.7. The van der Waals surface area contributed by atoms with Gasteiger partial charge in [0.15, 0.2) is 0 Å². The molecule has 1 aromatic rings. The third kappa shape index (κ3) is 5.28. The van der Waals surface area contributed by atoms with Crippen molar-refractivity contribution in [2.75, 3.05) is 26.9 Å². The van der Waals surface area contributed by atoms with Crippen molar-refractivity contribution in [2.24, 2.45) is 5.73 Å². The number of nitrogens with one attached hydrogen (secondary N) is 1. The van der Waals surface area contributed by atoms with Crippen LogP contribution >= 0.6 is 0 Å². The van der Waals surface area contributed by atoms with Gasteiger partial charge in [-0.2, -0.15) is 0 Å². The first kappa shape index (κ1) is 15.5. The summed E-state index contributed by atoms with van der Waals surface area (Å²) in [4.78, 5) is 12.0. The summed E-state index contributed by atoms with van der Waals surface area (Å²) in [5.41, 5.74) is 5.75. The highest BCUT2D eigenvalue weighted by Gasteiger charge is 2.18. The van der Waals surface area contributed by atoms with Gasteiger partial charge in [-0.15, -0.1) is 0 Å². The van der Waals surface area contributed by atoms with Gasteiger partial charge in [-0.3, -0.25) is 4.79 Å². The molecule has 0 heterocycles. The van der Waals surface area contributed by atoms with Crippen molar-refractivity contribution >= 4 is 5.91 Å². The summed E-state index contributed by atoms with van der Waals surface area (Å²) >= 11 is 0. The summed E-state index contributed by atoms with van der Waals surface area (Å²) in [5, 5.41) is 2.87. The van der Waals surface area contributed by atoms with Gasteiger partial charge in [0.05, 0.1) is 6.61 Å². The summed E-state index contributed by atoms with van der Waals surface area (Å²) in [6.45, 7) is 5.17. The Balaban J connectivity index is 2.58. The maximum atomic E-state index is 12.0. The molecule has 5 heteroatoms. The average molecular weight is 266 g/mol. The molecule has 0 unspecified atom stereocenters. The number of nitrogens with two attached hydrogens (primary N) is 1. The quantitative estimate of drug-likeness (QED) is 0.727. The highest BCUT2D eigenvalue weighted by molar-refractivity contribution is 5.94. The lowest BCUT2D eigenvalue weighted by atomic mass is 10.1. The molecule has 0 saturated heterocycles. The molecule has 0 bridgehead atoms. The predicted molar refractivity (Wildman–Crippen MR) is 74.4 cm³/mol. The van der Waals surface area contributed by atoms with Crippen molar-refractivity contribution < 1.29 is 14.3 Å². The van der Waals surface area contributed by atoms with Gasteiger partial charge in [-0.1, -0.05) is 0 Å². The zero-order chi connectivity index (χ0) is 14.3. The Hall–Kier alpha value is -1.59. The first-order valence-corrected chi connectivity index (χ1v) is 6.23. The molecule has 19 heavy (non-hydrogen) atoms. The van der Waals surface area contributed by atoms with Gasteiger partial charge in [0.2, 0.25) is 0 Å². The Morgan fingerprint density at radius 2 is 1.89 bits per heavy atom. The molecule has 0 radical (unpaired) electrons. The lowest BCUT2D eigenvalue weighted by Gasteiger charge is -2.24. The smallest absolute Gasteiger partial charge is 0.251 e. The van der Waals surface area contributed by atoms with Crippen molar-refractivity contribution in [1.29, 1.82) is 0 Å². The van der Waals surface area contributed by atoms with E-state index in [4.69, 9.17) is 15.2 Å². The Morgan fingerprint density at radius 3 is 2.42 bits per heavy atom. The normalized spacial score (nSPS) is 11.2. The lowest BCUT2D eigenvalue weighted by Crippen LogP contribution is -2.48. The number of carbonyl (C=O) groups is 1. The molecule has 0 spiro atoms. The van der Waals surface area contributed by atoms with Gasteiger partial charge in [0, 0.05) is 24.8 Å². The summed E-state index contributed by atoms with van der Waals surface area (Å²) in [5.74, 6) is 0.575. The van der Waals surface area contributed by atoms with Crippen LogP contribution in [0.15, 0.2) is 24.3 Å². The Bertz CT molecular complexity index is 402. The third-order valence-electron chi connectivity index (χ3n) is 2.63. The van der Waals surface area contributed by atoms with E-state index in [0.29, 0.717) is 31.1 Å². The van der Waals surface area contributed by atoms with E-state index in [1.807, 2.05) is 13.8 Å². The van der Waals surface area contributed by atoms with E-state index in [2.05, 4.69) is 5.32 Å². The maximum Gasteiger partial charge on any atom is 0.251 e. The van der Waals surface area contributed by atoms with E-state index in [1.165, 1.54) is 0 Å². The molecule has 0 aromatic heterocycles. The van der Waals surface area contributed by atoms with Crippen LogP contribution in [0.25, 0.3) is 0 Å². The molecule has 3 N–H and O–H groups in total. The van der Waals surface area contributed by atoms with Gasteiger partial charge in [-0.25, -0.2) is 0 Å². The van der Waals surface area contributed by atoms with Crippen LogP contribution in [0.2, 0.25) is 0 Å². The predicted octanol–water partition coefficient (Wildman–Crippen LogP) is 1.18. The summed E-state index contributed by atoms with van der Waals surface area (Å²) in [6, 6.07) is 6.98. The first-order chi connectivity index (χ1) is 8.98. The molecule has 0 atom stereocenters. The van der Waals surface area contributed by atoms with Crippen molar-refractivity contribution in [3.63, 3.8) is 0 Å². The second-order valence-corrected chi connectivity index (χ2v) is 4.91. The van der Waals surface area contributed by atoms with Gasteiger partial charge in [-0.05, 0) is 38.1 Å². The monoisotopic (exact) mass is 266 g/mol. The average Bonchev–Trinajstić information content (AvgIpc) is 2.39. The molecule has 1 aromatic carbocycles. The topological polar surface area (TPSA) is 73.6 Å². The number of carbonyl (C=O) groups excluding carboxylic acids is 1. The van der Waals surface area contributed by atoms with Crippen molar-refractivity contribution in [2.45, 2.75) is 19.4 Å². The summed E-state index contributed by atoms with van der Waals surface area (Å²) < 4.78 is 10.3. The van der Waals surface area contributed by atoms with Crippen LogP contribution in [0.3, 0.4) is 0 Å². The Morgan fingerprint density at radius 1 is 1.26 bits per heavy atom. The van der Waals surface area contributed by atoms with E-state index in [-0.39, 0.29) is 5.91 Å². The van der Waals surface area contributed by atoms with Crippen LogP contribution in [-0.4, -0.2) is 38.3 Å². The molecule has 1 amide bonds. The molecule has 0 aliphatic carbocycles. The number of amides is 1. The molecule has 0 aliphatic rings. The highest BCUT2D eigenvalue weighted by atomic mass is 16.5. The Kier molecular flexibility index (Phi) is 5.79. The lowest BCUT2D eigenvalue weighted by molar-refractivity contribution is 0.0915. The fourth-order valence-corrected chi connectivity index (χ4v) is 1.38. The van der Waals surface area contributed by atoms with Gasteiger partial charge in [0.1, 0.15) is 12.4 Å². The van der Waals surface area contributed by atoms with E-state index in [1.54, 1.807) is 31.4 Å². The van der Waals surface area contributed by atoms with Crippen LogP contribution in [0, 0.1) is 0 Å². The number of hydrogen-bond acceptors (Lipinski definition) is 4. The molecule has 0 saturated carbocycles. The van der Waals surface area contributed by atoms with E-state index in [9.17, 15) is 4.79 Å².